The lowest BCUT2D eigenvalue weighted by Crippen LogP contribution is -2.11. The van der Waals surface area contributed by atoms with Crippen LogP contribution in [0.15, 0.2) is 60.4 Å². The number of hydrogen-bond donors (Lipinski definition) is 0. The summed E-state index contributed by atoms with van der Waals surface area (Å²) in [6.45, 7) is 1.76. The molecule has 4 nitrogen and oxygen atoms in total. The van der Waals surface area contributed by atoms with Crippen LogP contribution in [0.5, 0.6) is 11.5 Å². The first-order valence-corrected chi connectivity index (χ1v) is 10.4. The van der Waals surface area contributed by atoms with Gasteiger partial charge in [0, 0.05) is 21.1 Å². The van der Waals surface area contributed by atoms with E-state index in [1.165, 1.54) is 6.07 Å². The zero-order valence-electron chi connectivity index (χ0n) is 16.2. The number of aryl methyl sites for hydroxylation is 1. The lowest BCUT2D eigenvalue weighted by Gasteiger charge is -2.08. The van der Waals surface area contributed by atoms with Gasteiger partial charge in [0.1, 0.15) is 11.5 Å². The number of benzene rings is 3. The van der Waals surface area contributed by atoms with Crippen molar-refractivity contribution >= 4 is 52.6 Å². The number of fused-ring (bicyclic) bond motifs is 1. The van der Waals surface area contributed by atoms with Crippen LogP contribution in [0.4, 0.5) is 0 Å². The van der Waals surface area contributed by atoms with E-state index < -0.39 is 5.97 Å². The van der Waals surface area contributed by atoms with Gasteiger partial charge < -0.3 is 9.47 Å². The largest absolute Gasteiger partial charge is 0.452 e. The molecule has 1 heterocycles. The Balaban J connectivity index is 1.54. The fourth-order valence-corrected chi connectivity index (χ4v) is 3.82. The molecule has 3 aromatic carbocycles. The SMILES string of the molecule is Cc1cc(OC(=O)Cc2ccc(Cl)cc2)cc2c1C(=O)/C(=C/c1ccc(Cl)cc1Cl)O2. The zero-order chi connectivity index (χ0) is 22.1. The highest BCUT2D eigenvalue weighted by Gasteiger charge is 2.30. The number of Topliss-reactive ketones (excluding diaryl/α,β-unsaturated/α-hetero) is 1. The number of esters is 1. The highest BCUT2D eigenvalue weighted by molar-refractivity contribution is 6.35. The van der Waals surface area contributed by atoms with Crippen LogP contribution in [0.3, 0.4) is 0 Å². The van der Waals surface area contributed by atoms with E-state index in [2.05, 4.69) is 0 Å². The van der Waals surface area contributed by atoms with Crippen LogP contribution >= 0.6 is 34.8 Å². The van der Waals surface area contributed by atoms with Crippen LogP contribution in [-0.2, 0) is 11.2 Å². The Morgan fingerprint density at radius 2 is 1.71 bits per heavy atom. The summed E-state index contributed by atoms with van der Waals surface area (Å²) in [7, 11) is 0. The van der Waals surface area contributed by atoms with Crippen molar-refractivity contribution in [3.63, 3.8) is 0 Å². The molecule has 0 radical (unpaired) electrons. The highest BCUT2D eigenvalue weighted by Crippen LogP contribution is 2.38. The summed E-state index contributed by atoms with van der Waals surface area (Å²) in [6, 6.07) is 15.1. The normalized spacial score (nSPS) is 13.8. The van der Waals surface area contributed by atoms with Crippen LogP contribution in [0.2, 0.25) is 15.1 Å². The molecular formula is C24H15Cl3O4. The summed E-state index contributed by atoms with van der Waals surface area (Å²) >= 11 is 18.0. The quantitative estimate of drug-likeness (QED) is 0.240. The molecule has 0 fully saturated rings. The standard InChI is InChI=1S/C24H15Cl3O4/c1-13-8-18(30-22(28)9-14-2-5-16(25)6-3-14)12-20-23(13)24(29)21(31-20)10-15-4-7-17(26)11-19(15)27/h2-8,10-12H,9H2,1H3/b21-10-. The van der Waals surface area contributed by atoms with Crippen molar-refractivity contribution in [2.75, 3.05) is 0 Å². The highest BCUT2D eigenvalue weighted by atomic mass is 35.5. The third-order valence-corrected chi connectivity index (χ3v) is 5.50. The first-order chi connectivity index (χ1) is 14.8. The van der Waals surface area contributed by atoms with E-state index in [4.69, 9.17) is 44.3 Å². The van der Waals surface area contributed by atoms with Crippen LogP contribution in [0.1, 0.15) is 27.0 Å². The predicted molar refractivity (Wildman–Crippen MR) is 121 cm³/mol. The third-order valence-electron chi connectivity index (χ3n) is 4.69. The number of halogens is 3. The molecule has 1 aliphatic rings. The molecule has 4 rings (SSSR count). The molecule has 0 spiro atoms. The van der Waals surface area contributed by atoms with Gasteiger partial charge in [-0.25, -0.2) is 0 Å². The molecule has 0 unspecified atom stereocenters. The van der Waals surface area contributed by atoms with Gasteiger partial charge in [-0.2, -0.15) is 0 Å². The Kier molecular flexibility index (Phi) is 6.05. The van der Waals surface area contributed by atoms with E-state index in [1.54, 1.807) is 61.5 Å². The summed E-state index contributed by atoms with van der Waals surface area (Å²) < 4.78 is 11.2. The maximum Gasteiger partial charge on any atom is 0.315 e. The first-order valence-electron chi connectivity index (χ1n) is 9.29. The molecule has 156 valence electrons. The average Bonchev–Trinajstić information content (AvgIpc) is 3.01. The lowest BCUT2D eigenvalue weighted by molar-refractivity contribution is -0.133. The molecule has 0 amide bonds. The second-order valence-electron chi connectivity index (χ2n) is 7.00. The maximum atomic E-state index is 12.8. The molecule has 3 aromatic rings. The van der Waals surface area contributed by atoms with Gasteiger partial charge in [0.25, 0.3) is 0 Å². The molecule has 0 bridgehead atoms. The van der Waals surface area contributed by atoms with E-state index in [0.717, 1.165) is 5.56 Å². The molecular weight excluding hydrogens is 459 g/mol. The number of ether oxygens (including phenoxy) is 2. The maximum absolute atomic E-state index is 12.8. The summed E-state index contributed by atoms with van der Waals surface area (Å²) in [5.41, 5.74) is 2.45. The van der Waals surface area contributed by atoms with Gasteiger partial charge in [-0.1, -0.05) is 53.0 Å². The van der Waals surface area contributed by atoms with Crippen molar-refractivity contribution in [3.8, 4) is 11.5 Å². The minimum atomic E-state index is -0.435. The summed E-state index contributed by atoms with van der Waals surface area (Å²) in [6.07, 6.45) is 1.65. The van der Waals surface area contributed by atoms with Crippen LogP contribution in [0, 0.1) is 6.92 Å². The third kappa shape index (κ3) is 4.77. The zero-order valence-corrected chi connectivity index (χ0v) is 18.5. The molecule has 0 aliphatic carbocycles. The van der Waals surface area contributed by atoms with Crippen molar-refractivity contribution < 1.29 is 19.1 Å². The Bertz CT molecular complexity index is 1230. The molecule has 0 atom stereocenters. The van der Waals surface area contributed by atoms with Gasteiger partial charge in [0.15, 0.2) is 5.76 Å². The van der Waals surface area contributed by atoms with Crippen LogP contribution < -0.4 is 9.47 Å². The van der Waals surface area contributed by atoms with Gasteiger partial charge in [0.05, 0.1) is 12.0 Å². The Morgan fingerprint density at radius 1 is 1.00 bits per heavy atom. The molecule has 0 saturated carbocycles. The number of carbonyl (C=O) groups is 2. The second kappa shape index (κ2) is 8.75. The van der Waals surface area contributed by atoms with Crippen molar-refractivity contribution in [3.05, 3.63) is 97.7 Å². The van der Waals surface area contributed by atoms with Gasteiger partial charge in [-0.3, -0.25) is 9.59 Å². The summed E-state index contributed by atoms with van der Waals surface area (Å²) in [5.74, 6) is 0.0589. The van der Waals surface area contributed by atoms with Gasteiger partial charge in [-0.15, -0.1) is 0 Å². The molecule has 0 aromatic heterocycles. The van der Waals surface area contributed by atoms with Gasteiger partial charge in [0.2, 0.25) is 5.78 Å². The smallest absolute Gasteiger partial charge is 0.315 e. The monoisotopic (exact) mass is 472 g/mol. The van der Waals surface area contributed by atoms with Crippen LogP contribution in [0.25, 0.3) is 6.08 Å². The van der Waals surface area contributed by atoms with Crippen molar-refractivity contribution in [1.29, 1.82) is 0 Å². The second-order valence-corrected chi connectivity index (χ2v) is 8.28. The van der Waals surface area contributed by atoms with E-state index in [-0.39, 0.29) is 18.0 Å². The number of carbonyl (C=O) groups excluding carboxylic acids is 2. The minimum absolute atomic E-state index is 0.0906. The van der Waals surface area contributed by atoms with Gasteiger partial charge in [-0.05, 0) is 60.0 Å². The fourth-order valence-electron chi connectivity index (χ4n) is 3.23. The van der Waals surface area contributed by atoms with Gasteiger partial charge >= 0.3 is 5.97 Å². The predicted octanol–water partition coefficient (Wildman–Crippen LogP) is 6.72. The Hall–Kier alpha value is -2.79. The summed E-state index contributed by atoms with van der Waals surface area (Å²) in [4.78, 5) is 25.1. The van der Waals surface area contributed by atoms with E-state index in [0.29, 0.717) is 43.3 Å². The topological polar surface area (TPSA) is 52.6 Å². The molecule has 0 N–H and O–H groups in total. The van der Waals surface area contributed by atoms with E-state index in [9.17, 15) is 9.59 Å². The molecule has 31 heavy (non-hydrogen) atoms. The van der Waals surface area contributed by atoms with Crippen molar-refractivity contribution in [1.82, 2.24) is 0 Å². The number of ketones is 1. The average molecular weight is 474 g/mol. The fraction of sp³-hybridized carbons (Fsp3) is 0.0833. The van der Waals surface area contributed by atoms with Crippen molar-refractivity contribution in [2.24, 2.45) is 0 Å². The first kappa shape index (κ1) is 21.4. The van der Waals surface area contributed by atoms with Crippen LogP contribution in [-0.4, -0.2) is 11.8 Å². The van der Waals surface area contributed by atoms with E-state index in [1.807, 2.05) is 0 Å². The Labute approximate surface area is 193 Å². The Morgan fingerprint density at radius 3 is 2.42 bits per heavy atom. The molecule has 7 heteroatoms. The lowest BCUT2D eigenvalue weighted by atomic mass is 10.0. The number of hydrogen-bond acceptors (Lipinski definition) is 4. The summed E-state index contributed by atoms with van der Waals surface area (Å²) in [5, 5.41) is 1.49. The molecule has 0 saturated heterocycles. The number of rotatable bonds is 4. The van der Waals surface area contributed by atoms with Crippen molar-refractivity contribution in [2.45, 2.75) is 13.3 Å². The molecule has 1 aliphatic heterocycles. The minimum Gasteiger partial charge on any atom is -0.452 e. The number of allylic oxidation sites excluding steroid dienone is 1. The van der Waals surface area contributed by atoms with E-state index >= 15 is 0 Å².